The van der Waals surface area contributed by atoms with Crippen molar-refractivity contribution < 1.29 is 4.92 Å². The van der Waals surface area contributed by atoms with E-state index in [0.717, 1.165) is 25.7 Å². The van der Waals surface area contributed by atoms with Crippen LogP contribution in [0.1, 0.15) is 25.7 Å². The van der Waals surface area contributed by atoms with E-state index >= 15 is 0 Å². The third-order valence-corrected chi connectivity index (χ3v) is 3.08. The van der Waals surface area contributed by atoms with E-state index < -0.39 is 4.92 Å². The summed E-state index contributed by atoms with van der Waals surface area (Å²) in [6, 6.07) is 3.80. The smallest absolute Gasteiger partial charge is 0.287 e. The number of hydrogen-bond donors (Lipinski definition) is 2. The summed E-state index contributed by atoms with van der Waals surface area (Å²) in [6.07, 6.45) is 5.37. The fraction of sp³-hybridized carbons (Fsp3) is 0.545. The van der Waals surface area contributed by atoms with Crippen molar-refractivity contribution in [3.8, 4) is 0 Å². The quantitative estimate of drug-likeness (QED) is 0.615. The maximum Gasteiger partial charge on any atom is 0.287 e. The number of aromatic nitrogens is 1. The summed E-state index contributed by atoms with van der Waals surface area (Å²) in [5, 5.41) is 13.7. The van der Waals surface area contributed by atoms with Gasteiger partial charge in [-0.2, -0.15) is 0 Å². The van der Waals surface area contributed by atoms with Crippen molar-refractivity contribution in [1.29, 1.82) is 0 Å². The molecule has 0 aliphatic heterocycles. The van der Waals surface area contributed by atoms with Crippen LogP contribution in [0.4, 0.5) is 11.5 Å². The van der Waals surface area contributed by atoms with Gasteiger partial charge in [0.25, 0.3) is 5.69 Å². The van der Waals surface area contributed by atoms with Gasteiger partial charge in [-0.25, -0.2) is 4.98 Å². The molecule has 0 unspecified atom stereocenters. The summed E-state index contributed by atoms with van der Waals surface area (Å²) in [4.78, 5) is 14.1. The summed E-state index contributed by atoms with van der Waals surface area (Å²) < 4.78 is 0. The lowest BCUT2D eigenvalue weighted by molar-refractivity contribution is -0.385. The van der Waals surface area contributed by atoms with Crippen molar-refractivity contribution in [2.24, 2.45) is 5.73 Å². The second-order valence-corrected chi connectivity index (χ2v) is 4.41. The van der Waals surface area contributed by atoms with Crippen molar-refractivity contribution in [3.63, 3.8) is 0 Å². The Kier molecular flexibility index (Phi) is 3.53. The Hall–Kier alpha value is -1.69. The number of hydrogen-bond acceptors (Lipinski definition) is 5. The van der Waals surface area contributed by atoms with Crippen molar-refractivity contribution in [3.05, 3.63) is 28.4 Å². The fourth-order valence-corrected chi connectivity index (χ4v) is 2.05. The average molecular weight is 236 g/mol. The second kappa shape index (κ2) is 5.09. The Morgan fingerprint density at radius 3 is 2.59 bits per heavy atom. The molecule has 1 aliphatic carbocycles. The second-order valence-electron chi connectivity index (χ2n) is 4.41. The van der Waals surface area contributed by atoms with Gasteiger partial charge in [-0.15, -0.1) is 0 Å². The zero-order valence-electron chi connectivity index (χ0n) is 9.50. The molecule has 3 N–H and O–H groups in total. The zero-order chi connectivity index (χ0) is 12.3. The number of nitro groups is 1. The van der Waals surface area contributed by atoms with E-state index in [1.807, 2.05) is 0 Å². The maximum absolute atomic E-state index is 10.5. The number of rotatable bonds is 3. The van der Waals surface area contributed by atoms with E-state index in [-0.39, 0.29) is 5.69 Å². The van der Waals surface area contributed by atoms with Gasteiger partial charge in [0, 0.05) is 18.2 Å². The van der Waals surface area contributed by atoms with Crippen LogP contribution in [0.3, 0.4) is 0 Å². The molecule has 0 bridgehead atoms. The topological polar surface area (TPSA) is 94.1 Å². The minimum Gasteiger partial charge on any atom is -0.367 e. The molecule has 1 aromatic rings. The number of nitrogens with zero attached hydrogens (tertiary/aromatic N) is 2. The highest BCUT2D eigenvalue weighted by Gasteiger charge is 2.18. The highest BCUT2D eigenvalue weighted by molar-refractivity contribution is 5.40. The third-order valence-electron chi connectivity index (χ3n) is 3.08. The first-order chi connectivity index (χ1) is 8.15. The summed E-state index contributed by atoms with van der Waals surface area (Å²) in [7, 11) is 0. The molecule has 0 aromatic carbocycles. The summed E-state index contributed by atoms with van der Waals surface area (Å²) in [5.41, 5.74) is 5.84. The zero-order valence-corrected chi connectivity index (χ0v) is 9.50. The summed E-state index contributed by atoms with van der Waals surface area (Å²) in [6.45, 7) is 0. The van der Waals surface area contributed by atoms with Crippen LogP contribution >= 0.6 is 0 Å². The first kappa shape index (κ1) is 11.8. The Labute approximate surface area is 99.4 Å². The number of anilines is 1. The minimum absolute atomic E-state index is 0.0150. The molecule has 6 heteroatoms. The van der Waals surface area contributed by atoms with Gasteiger partial charge in [-0.1, -0.05) is 0 Å². The predicted molar refractivity (Wildman–Crippen MR) is 64.7 cm³/mol. The Balaban J connectivity index is 1.92. The van der Waals surface area contributed by atoms with Crippen LogP contribution < -0.4 is 11.1 Å². The van der Waals surface area contributed by atoms with Crippen LogP contribution in [-0.4, -0.2) is 22.0 Å². The van der Waals surface area contributed by atoms with Crippen LogP contribution in [0.25, 0.3) is 0 Å². The summed E-state index contributed by atoms with van der Waals surface area (Å²) >= 11 is 0. The van der Waals surface area contributed by atoms with E-state index in [1.165, 1.54) is 12.3 Å². The van der Waals surface area contributed by atoms with E-state index in [2.05, 4.69) is 10.3 Å². The van der Waals surface area contributed by atoms with Gasteiger partial charge in [0.05, 0.1) is 4.92 Å². The molecule has 92 valence electrons. The minimum atomic E-state index is -0.448. The van der Waals surface area contributed by atoms with Gasteiger partial charge in [0.1, 0.15) is 12.0 Å². The molecule has 17 heavy (non-hydrogen) atoms. The summed E-state index contributed by atoms with van der Waals surface area (Å²) in [5.74, 6) is 0.691. The van der Waals surface area contributed by atoms with Gasteiger partial charge in [0.2, 0.25) is 0 Å². The van der Waals surface area contributed by atoms with Gasteiger partial charge < -0.3 is 11.1 Å². The molecule has 1 fully saturated rings. The average Bonchev–Trinajstić information content (AvgIpc) is 2.33. The van der Waals surface area contributed by atoms with Gasteiger partial charge in [0.15, 0.2) is 0 Å². The van der Waals surface area contributed by atoms with Crippen LogP contribution in [0.15, 0.2) is 18.3 Å². The number of pyridine rings is 1. The van der Waals surface area contributed by atoms with Crippen LogP contribution in [0.5, 0.6) is 0 Å². The molecule has 6 nitrogen and oxygen atoms in total. The molecule has 0 spiro atoms. The number of nitrogens with one attached hydrogen (secondary N) is 1. The molecule has 0 saturated heterocycles. The molecular formula is C11H16N4O2. The largest absolute Gasteiger partial charge is 0.367 e. The monoisotopic (exact) mass is 236 g/mol. The van der Waals surface area contributed by atoms with E-state index in [4.69, 9.17) is 5.73 Å². The van der Waals surface area contributed by atoms with Crippen molar-refractivity contribution in [2.45, 2.75) is 37.8 Å². The van der Waals surface area contributed by atoms with E-state index in [1.54, 1.807) is 6.07 Å². The van der Waals surface area contributed by atoms with Crippen molar-refractivity contribution in [1.82, 2.24) is 4.98 Å². The SMILES string of the molecule is N[C@H]1CC[C@@H](Nc2ccc([N+](=O)[O-])cn2)CC1. The van der Waals surface area contributed by atoms with Crippen molar-refractivity contribution in [2.75, 3.05) is 5.32 Å². The van der Waals surface area contributed by atoms with Gasteiger partial charge in [-0.05, 0) is 31.7 Å². The lowest BCUT2D eigenvalue weighted by Crippen LogP contribution is -2.32. The normalized spacial score (nSPS) is 24.3. The van der Waals surface area contributed by atoms with Gasteiger partial charge in [-0.3, -0.25) is 10.1 Å². The molecule has 0 amide bonds. The van der Waals surface area contributed by atoms with Crippen molar-refractivity contribution >= 4 is 11.5 Å². The third kappa shape index (κ3) is 3.13. The molecule has 0 radical (unpaired) electrons. The van der Waals surface area contributed by atoms with E-state index in [0.29, 0.717) is 17.9 Å². The number of nitrogens with two attached hydrogens (primary N) is 1. The van der Waals surface area contributed by atoms with Crippen LogP contribution in [-0.2, 0) is 0 Å². The molecule has 1 heterocycles. The molecule has 1 saturated carbocycles. The first-order valence-corrected chi connectivity index (χ1v) is 5.77. The van der Waals surface area contributed by atoms with Gasteiger partial charge >= 0.3 is 0 Å². The standard InChI is InChI=1S/C11H16N4O2/c12-8-1-3-9(4-2-8)14-11-6-5-10(7-13-11)15(16)17/h5-9H,1-4,12H2,(H,13,14)/t8-,9+. The predicted octanol–water partition coefficient (Wildman–Crippen LogP) is 1.67. The highest BCUT2D eigenvalue weighted by atomic mass is 16.6. The van der Waals surface area contributed by atoms with Crippen LogP contribution in [0, 0.1) is 10.1 Å². The molecular weight excluding hydrogens is 220 g/mol. The lowest BCUT2D eigenvalue weighted by Gasteiger charge is -2.27. The Morgan fingerprint density at radius 2 is 2.06 bits per heavy atom. The maximum atomic E-state index is 10.5. The highest BCUT2D eigenvalue weighted by Crippen LogP contribution is 2.21. The van der Waals surface area contributed by atoms with E-state index in [9.17, 15) is 10.1 Å². The first-order valence-electron chi connectivity index (χ1n) is 5.77. The fourth-order valence-electron chi connectivity index (χ4n) is 2.05. The Bertz CT molecular complexity index is 385. The molecule has 0 atom stereocenters. The molecule has 1 aliphatic rings. The van der Waals surface area contributed by atoms with Crippen LogP contribution in [0.2, 0.25) is 0 Å². The lowest BCUT2D eigenvalue weighted by atomic mass is 9.92. The Morgan fingerprint density at radius 1 is 1.35 bits per heavy atom. The molecule has 1 aromatic heterocycles. The molecule has 2 rings (SSSR count).